The first-order valence-electron chi connectivity index (χ1n) is 5.86. The van der Waals surface area contributed by atoms with Gasteiger partial charge in [0.2, 0.25) is 0 Å². The van der Waals surface area contributed by atoms with E-state index in [-0.39, 0.29) is 12.5 Å². The maximum atomic E-state index is 12.3. The molecule has 0 aliphatic carbocycles. The molecule has 1 amide bonds. The summed E-state index contributed by atoms with van der Waals surface area (Å²) in [5.74, 6) is -0.565. The molecule has 1 aliphatic rings. The highest BCUT2D eigenvalue weighted by Crippen LogP contribution is 2.15. The van der Waals surface area contributed by atoms with Crippen molar-refractivity contribution < 1.29 is 19.1 Å². The van der Waals surface area contributed by atoms with Crippen molar-refractivity contribution in [2.45, 2.75) is 6.10 Å². The fourth-order valence-corrected chi connectivity index (χ4v) is 2.31. The van der Waals surface area contributed by atoms with Gasteiger partial charge < -0.3 is 14.4 Å². The van der Waals surface area contributed by atoms with Crippen LogP contribution in [0.5, 0.6) is 0 Å². The number of benzene rings is 1. The number of carbonyl (C=O) groups is 2. The molecule has 0 bridgehead atoms. The maximum absolute atomic E-state index is 12.3. The van der Waals surface area contributed by atoms with Crippen LogP contribution in [0, 0.1) is 0 Å². The number of hydrogen-bond acceptors (Lipinski definition) is 4. The minimum Gasteiger partial charge on any atom is -0.467 e. The van der Waals surface area contributed by atoms with Crippen LogP contribution in [0.25, 0.3) is 0 Å². The number of rotatable bonds is 2. The Morgan fingerprint density at radius 2 is 2.26 bits per heavy atom. The van der Waals surface area contributed by atoms with E-state index in [0.717, 1.165) is 4.47 Å². The summed E-state index contributed by atoms with van der Waals surface area (Å²) in [4.78, 5) is 25.3. The van der Waals surface area contributed by atoms with Crippen molar-refractivity contribution in [1.29, 1.82) is 0 Å². The lowest BCUT2D eigenvalue weighted by Crippen LogP contribution is -2.48. The zero-order valence-electron chi connectivity index (χ0n) is 10.5. The molecular weight excluding hydrogens is 314 g/mol. The molecule has 1 aromatic carbocycles. The highest BCUT2D eigenvalue weighted by Gasteiger charge is 2.30. The second-order valence-electron chi connectivity index (χ2n) is 4.14. The Bertz CT molecular complexity index is 491. The molecule has 6 heteroatoms. The molecule has 19 heavy (non-hydrogen) atoms. The average molecular weight is 328 g/mol. The lowest BCUT2D eigenvalue weighted by molar-refractivity contribution is -0.158. The smallest absolute Gasteiger partial charge is 0.336 e. The van der Waals surface area contributed by atoms with Gasteiger partial charge in [0.1, 0.15) is 0 Å². The molecule has 1 saturated heterocycles. The number of morpholine rings is 1. The first kappa shape index (κ1) is 14.0. The summed E-state index contributed by atoms with van der Waals surface area (Å²) in [5.41, 5.74) is 0.583. The van der Waals surface area contributed by atoms with Crippen molar-refractivity contribution in [3.63, 3.8) is 0 Å². The van der Waals surface area contributed by atoms with Gasteiger partial charge in [-0.25, -0.2) is 4.79 Å². The maximum Gasteiger partial charge on any atom is 0.336 e. The predicted octanol–water partition coefficient (Wildman–Crippen LogP) is 1.46. The molecule has 1 aromatic rings. The van der Waals surface area contributed by atoms with E-state index in [4.69, 9.17) is 4.74 Å². The zero-order chi connectivity index (χ0) is 13.8. The molecule has 1 atom stereocenters. The van der Waals surface area contributed by atoms with Gasteiger partial charge in [0, 0.05) is 16.6 Å². The molecule has 1 aliphatic heterocycles. The number of esters is 1. The Balaban J connectivity index is 2.09. The third-order valence-electron chi connectivity index (χ3n) is 2.89. The summed E-state index contributed by atoms with van der Waals surface area (Å²) in [6.45, 7) is 1.02. The summed E-state index contributed by atoms with van der Waals surface area (Å²) >= 11 is 3.33. The van der Waals surface area contributed by atoms with Crippen LogP contribution < -0.4 is 0 Å². The summed E-state index contributed by atoms with van der Waals surface area (Å²) in [6.07, 6.45) is -0.699. The van der Waals surface area contributed by atoms with E-state index >= 15 is 0 Å². The van der Waals surface area contributed by atoms with Gasteiger partial charge in [-0.1, -0.05) is 22.0 Å². The lowest BCUT2D eigenvalue weighted by atomic mass is 10.1. The van der Waals surface area contributed by atoms with E-state index in [0.29, 0.717) is 18.7 Å². The number of nitrogens with zero attached hydrogens (tertiary/aromatic N) is 1. The van der Waals surface area contributed by atoms with Crippen LogP contribution in [-0.2, 0) is 14.3 Å². The molecule has 0 radical (unpaired) electrons. The molecule has 5 nitrogen and oxygen atoms in total. The molecule has 1 heterocycles. The van der Waals surface area contributed by atoms with Gasteiger partial charge in [-0.2, -0.15) is 0 Å². The quantitative estimate of drug-likeness (QED) is 0.772. The molecule has 2 rings (SSSR count). The van der Waals surface area contributed by atoms with Gasteiger partial charge in [-0.15, -0.1) is 0 Å². The third-order valence-corrected chi connectivity index (χ3v) is 3.38. The number of hydrogen-bond donors (Lipinski definition) is 0. The van der Waals surface area contributed by atoms with Crippen LogP contribution >= 0.6 is 15.9 Å². The minimum atomic E-state index is -0.699. The van der Waals surface area contributed by atoms with Crippen LogP contribution in [-0.4, -0.2) is 49.7 Å². The number of halogens is 1. The summed E-state index contributed by atoms with van der Waals surface area (Å²) < 4.78 is 10.8. The molecule has 102 valence electrons. The first-order chi connectivity index (χ1) is 9.11. The second kappa shape index (κ2) is 6.16. The van der Waals surface area contributed by atoms with Gasteiger partial charge in [-0.3, -0.25) is 4.79 Å². The van der Waals surface area contributed by atoms with Gasteiger partial charge in [0.15, 0.2) is 6.10 Å². The van der Waals surface area contributed by atoms with E-state index in [1.807, 2.05) is 6.07 Å². The number of amides is 1. The lowest BCUT2D eigenvalue weighted by Gasteiger charge is -2.31. The van der Waals surface area contributed by atoms with Crippen LogP contribution in [0.1, 0.15) is 10.4 Å². The van der Waals surface area contributed by atoms with E-state index in [1.54, 1.807) is 23.1 Å². The Morgan fingerprint density at radius 3 is 2.95 bits per heavy atom. The summed E-state index contributed by atoms with van der Waals surface area (Å²) in [7, 11) is 1.31. The number of methoxy groups -OCH3 is 1. The highest BCUT2D eigenvalue weighted by atomic mass is 79.9. The van der Waals surface area contributed by atoms with Crippen LogP contribution in [0.15, 0.2) is 28.7 Å². The second-order valence-corrected chi connectivity index (χ2v) is 5.06. The van der Waals surface area contributed by atoms with E-state index in [1.165, 1.54) is 7.11 Å². The Kier molecular flexibility index (Phi) is 4.55. The first-order valence-corrected chi connectivity index (χ1v) is 6.65. The standard InChI is InChI=1S/C13H14BrNO4/c1-18-13(17)11-8-15(5-6-19-11)12(16)9-3-2-4-10(14)7-9/h2-4,7,11H,5-6,8H2,1H3. The molecule has 0 saturated carbocycles. The third kappa shape index (κ3) is 3.33. The van der Waals surface area contributed by atoms with Crippen molar-refractivity contribution >= 4 is 27.8 Å². The van der Waals surface area contributed by atoms with Gasteiger partial charge in [-0.05, 0) is 18.2 Å². The van der Waals surface area contributed by atoms with Gasteiger partial charge >= 0.3 is 5.97 Å². The van der Waals surface area contributed by atoms with Crippen molar-refractivity contribution in [1.82, 2.24) is 4.90 Å². The van der Waals surface area contributed by atoms with Crippen molar-refractivity contribution in [2.24, 2.45) is 0 Å². The van der Waals surface area contributed by atoms with Crippen LogP contribution in [0.3, 0.4) is 0 Å². The monoisotopic (exact) mass is 327 g/mol. The SMILES string of the molecule is COC(=O)C1CN(C(=O)c2cccc(Br)c2)CCO1. The van der Waals surface area contributed by atoms with Gasteiger partial charge in [0.05, 0.1) is 20.3 Å². The minimum absolute atomic E-state index is 0.112. The topological polar surface area (TPSA) is 55.8 Å². The highest BCUT2D eigenvalue weighted by molar-refractivity contribution is 9.10. The predicted molar refractivity (Wildman–Crippen MR) is 71.8 cm³/mol. The zero-order valence-corrected chi connectivity index (χ0v) is 12.1. The molecule has 1 unspecified atom stereocenters. The molecule has 0 aromatic heterocycles. The normalized spacial score (nSPS) is 19.1. The van der Waals surface area contributed by atoms with Crippen LogP contribution in [0.4, 0.5) is 0 Å². The molecule has 0 spiro atoms. The van der Waals surface area contributed by atoms with Gasteiger partial charge in [0.25, 0.3) is 5.91 Å². The van der Waals surface area contributed by atoms with E-state index < -0.39 is 12.1 Å². The Hall–Kier alpha value is -1.40. The molecular formula is C13H14BrNO4. The fraction of sp³-hybridized carbons (Fsp3) is 0.385. The summed E-state index contributed by atoms with van der Waals surface area (Å²) in [5, 5.41) is 0. The number of carbonyl (C=O) groups excluding carboxylic acids is 2. The largest absolute Gasteiger partial charge is 0.467 e. The summed E-state index contributed by atoms with van der Waals surface area (Å²) in [6, 6.07) is 7.16. The Morgan fingerprint density at radius 1 is 1.47 bits per heavy atom. The fourth-order valence-electron chi connectivity index (χ4n) is 1.91. The molecule has 0 N–H and O–H groups in total. The van der Waals surface area contributed by atoms with Crippen molar-refractivity contribution in [3.05, 3.63) is 34.3 Å². The Labute approximate surface area is 119 Å². The average Bonchev–Trinajstić information content (AvgIpc) is 2.45. The van der Waals surface area contributed by atoms with Crippen molar-refractivity contribution in [2.75, 3.05) is 26.8 Å². The van der Waals surface area contributed by atoms with E-state index in [9.17, 15) is 9.59 Å². The molecule has 1 fully saturated rings. The van der Waals surface area contributed by atoms with Crippen LogP contribution in [0.2, 0.25) is 0 Å². The van der Waals surface area contributed by atoms with Crippen molar-refractivity contribution in [3.8, 4) is 0 Å². The van der Waals surface area contributed by atoms with E-state index in [2.05, 4.69) is 20.7 Å². The number of ether oxygens (including phenoxy) is 2.